The number of hydrogen-bond donors (Lipinski definition) is 1. The van der Waals surface area contributed by atoms with E-state index < -0.39 is 6.10 Å². The molecular weight excluding hydrogens is 148 g/mol. The molecule has 0 aromatic rings. The van der Waals surface area contributed by atoms with Gasteiger partial charge < -0.3 is 5.11 Å². The number of rotatable bonds is 6. The maximum Gasteiger partial charge on any atom is 0.0761 e. The van der Waals surface area contributed by atoms with Crippen molar-refractivity contribution in [2.24, 2.45) is 0 Å². The Hall–Kier alpha value is -0.780. The summed E-state index contributed by atoms with van der Waals surface area (Å²) in [5, 5.41) is 9.25. The molecule has 1 heteroatoms. The van der Waals surface area contributed by atoms with E-state index in [2.05, 4.69) is 25.8 Å². The van der Waals surface area contributed by atoms with Crippen molar-refractivity contribution in [1.82, 2.24) is 0 Å². The summed E-state index contributed by atoms with van der Waals surface area (Å²) < 4.78 is 0. The quantitative estimate of drug-likeness (QED) is 0.475. The molecule has 1 N–H and O–H groups in total. The van der Waals surface area contributed by atoms with E-state index in [1.165, 1.54) is 0 Å². The van der Waals surface area contributed by atoms with E-state index in [9.17, 15) is 5.11 Å². The van der Waals surface area contributed by atoms with Gasteiger partial charge in [0.15, 0.2) is 0 Å². The Morgan fingerprint density at radius 1 is 1.67 bits per heavy atom. The highest BCUT2D eigenvalue weighted by molar-refractivity contribution is 5.03. The van der Waals surface area contributed by atoms with Gasteiger partial charge in [0.05, 0.1) is 6.10 Å². The first-order chi connectivity index (χ1) is 5.74. The van der Waals surface area contributed by atoms with Gasteiger partial charge in [0.1, 0.15) is 0 Å². The molecule has 0 heterocycles. The lowest BCUT2D eigenvalue weighted by Crippen LogP contribution is -2.02. The molecule has 0 rings (SSSR count). The molecule has 0 spiro atoms. The minimum Gasteiger partial charge on any atom is -0.389 e. The second-order valence-corrected chi connectivity index (χ2v) is 2.89. The molecule has 0 saturated heterocycles. The lowest BCUT2D eigenvalue weighted by Gasteiger charge is -2.06. The van der Waals surface area contributed by atoms with Gasteiger partial charge in [0, 0.05) is 6.42 Å². The second-order valence-electron chi connectivity index (χ2n) is 2.89. The molecule has 0 amide bonds. The van der Waals surface area contributed by atoms with Crippen LogP contribution in [0.5, 0.6) is 0 Å². The fraction of sp³-hybridized carbons (Fsp3) is 0.545. The van der Waals surface area contributed by atoms with Crippen molar-refractivity contribution in [1.29, 1.82) is 0 Å². The predicted octanol–water partition coefficient (Wildman–Crippen LogP) is 2.82. The normalized spacial score (nSPS) is 11.8. The van der Waals surface area contributed by atoms with E-state index in [1.807, 2.05) is 0 Å². The summed E-state index contributed by atoms with van der Waals surface area (Å²) >= 11 is 0. The molecule has 12 heavy (non-hydrogen) atoms. The van der Waals surface area contributed by atoms with Gasteiger partial charge in [-0.05, 0) is 18.4 Å². The Kier molecular flexibility index (Phi) is 6.45. The van der Waals surface area contributed by atoms with E-state index in [-0.39, 0.29) is 0 Å². The molecule has 0 aliphatic heterocycles. The molecule has 0 bridgehead atoms. The molecule has 1 atom stereocenters. The smallest absolute Gasteiger partial charge is 0.0761 e. The van der Waals surface area contributed by atoms with Gasteiger partial charge in [-0.2, -0.15) is 0 Å². The van der Waals surface area contributed by atoms with Crippen molar-refractivity contribution in [3.63, 3.8) is 0 Å². The molecule has 0 aromatic heterocycles. The predicted molar refractivity (Wildman–Crippen MR) is 53.0 cm³/mol. The Bertz CT molecular complexity index is 175. The molecule has 1 nitrogen and oxygen atoms in total. The molecule has 0 saturated carbocycles. The number of aliphatic hydroxyl groups excluding tert-OH is 1. The Balaban J connectivity index is 3.84. The average Bonchev–Trinajstić information content (AvgIpc) is 2.11. The van der Waals surface area contributed by atoms with Crippen molar-refractivity contribution >= 4 is 0 Å². The van der Waals surface area contributed by atoms with Crippen LogP contribution in [0.4, 0.5) is 0 Å². The van der Waals surface area contributed by atoms with Gasteiger partial charge in [0.2, 0.25) is 0 Å². The van der Waals surface area contributed by atoms with Crippen LogP contribution in [-0.4, -0.2) is 11.2 Å². The van der Waals surface area contributed by atoms with Gasteiger partial charge in [0.25, 0.3) is 0 Å². The first kappa shape index (κ1) is 11.2. The molecule has 0 aliphatic rings. The number of hydrogen-bond acceptors (Lipinski definition) is 1. The zero-order chi connectivity index (χ0) is 9.40. The molecular formula is C11H18O. The van der Waals surface area contributed by atoms with E-state index in [4.69, 9.17) is 0 Å². The van der Waals surface area contributed by atoms with Crippen molar-refractivity contribution < 1.29 is 5.11 Å². The lowest BCUT2D eigenvalue weighted by molar-refractivity contribution is 0.222. The van der Waals surface area contributed by atoms with Crippen LogP contribution in [0.2, 0.25) is 0 Å². The fourth-order valence-electron chi connectivity index (χ4n) is 0.989. The van der Waals surface area contributed by atoms with Crippen LogP contribution >= 0.6 is 0 Å². The fourth-order valence-corrected chi connectivity index (χ4v) is 0.989. The van der Waals surface area contributed by atoms with E-state index in [0.29, 0.717) is 6.42 Å². The van der Waals surface area contributed by atoms with Crippen LogP contribution in [0.15, 0.2) is 30.5 Å². The van der Waals surface area contributed by atoms with Crippen LogP contribution in [0.3, 0.4) is 0 Å². The molecule has 0 radical (unpaired) electrons. The van der Waals surface area contributed by atoms with Gasteiger partial charge in [-0.3, -0.25) is 0 Å². The summed E-state index contributed by atoms with van der Waals surface area (Å²) in [6.45, 7) is 9.25. The van der Waals surface area contributed by atoms with Crippen LogP contribution in [0.1, 0.15) is 32.6 Å². The standard InChI is InChI=1S/C11H18O/c1-4-7-8-10(5-2)9-11(12)6-3/h6,11-12H,2-4,7-9H2,1H3. The third kappa shape index (κ3) is 4.95. The van der Waals surface area contributed by atoms with Crippen molar-refractivity contribution in [3.8, 4) is 0 Å². The van der Waals surface area contributed by atoms with Gasteiger partial charge >= 0.3 is 0 Å². The summed E-state index contributed by atoms with van der Waals surface area (Å²) in [7, 11) is 0. The highest BCUT2D eigenvalue weighted by Crippen LogP contribution is 2.12. The zero-order valence-electron chi connectivity index (χ0n) is 7.84. The number of unbranched alkanes of at least 4 members (excludes halogenated alkanes) is 1. The van der Waals surface area contributed by atoms with E-state index >= 15 is 0 Å². The zero-order valence-corrected chi connectivity index (χ0v) is 7.84. The molecule has 0 aromatic carbocycles. The Labute approximate surface area is 75.1 Å². The molecule has 68 valence electrons. The van der Waals surface area contributed by atoms with Crippen molar-refractivity contribution in [2.75, 3.05) is 0 Å². The van der Waals surface area contributed by atoms with Crippen LogP contribution < -0.4 is 0 Å². The van der Waals surface area contributed by atoms with E-state index in [0.717, 1.165) is 24.8 Å². The average molecular weight is 166 g/mol. The topological polar surface area (TPSA) is 20.2 Å². The van der Waals surface area contributed by atoms with Gasteiger partial charge in [-0.1, -0.05) is 26.0 Å². The Morgan fingerprint density at radius 3 is 2.75 bits per heavy atom. The first-order valence-corrected chi connectivity index (χ1v) is 4.43. The summed E-state index contributed by atoms with van der Waals surface area (Å²) in [5.74, 6) is 0. The van der Waals surface area contributed by atoms with Crippen molar-refractivity contribution in [3.05, 3.63) is 30.5 Å². The van der Waals surface area contributed by atoms with Gasteiger partial charge in [-0.25, -0.2) is 0 Å². The lowest BCUT2D eigenvalue weighted by atomic mass is 10.0. The summed E-state index contributed by atoms with van der Waals surface area (Å²) in [6.07, 6.45) is 5.03. The minimum absolute atomic E-state index is 0.439. The maximum absolute atomic E-state index is 9.25. The largest absolute Gasteiger partial charge is 0.389 e. The van der Waals surface area contributed by atoms with Crippen LogP contribution in [0.25, 0.3) is 0 Å². The minimum atomic E-state index is -0.439. The monoisotopic (exact) mass is 166 g/mol. The molecule has 0 fully saturated rings. The SMILES string of the molecule is C=C=C(CCCC)CC(O)C=C. The highest BCUT2D eigenvalue weighted by Gasteiger charge is 2.02. The summed E-state index contributed by atoms with van der Waals surface area (Å²) in [5.41, 5.74) is 3.96. The first-order valence-electron chi connectivity index (χ1n) is 4.43. The number of aliphatic hydroxyl groups is 1. The summed E-state index contributed by atoms with van der Waals surface area (Å²) in [4.78, 5) is 0. The van der Waals surface area contributed by atoms with Crippen LogP contribution in [0, 0.1) is 0 Å². The summed E-state index contributed by atoms with van der Waals surface area (Å²) in [6, 6.07) is 0. The maximum atomic E-state index is 9.25. The third-order valence-electron chi connectivity index (χ3n) is 1.81. The van der Waals surface area contributed by atoms with Crippen molar-refractivity contribution in [2.45, 2.75) is 38.7 Å². The van der Waals surface area contributed by atoms with Crippen LogP contribution in [-0.2, 0) is 0 Å². The Morgan fingerprint density at radius 2 is 2.33 bits per heavy atom. The third-order valence-corrected chi connectivity index (χ3v) is 1.81. The van der Waals surface area contributed by atoms with E-state index in [1.54, 1.807) is 6.08 Å². The van der Waals surface area contributed by atoms with Gasteiger partial charge in [-0.15, -0.1) is 12.3 Å². The highest BCUT2D eigenvalue weighted by atomic mass is 16.3. The second kappa shape index (κ2) is 6.90. The molecule has 1 unspecified atom stereocenters. The molecule has 0 aliphatic carbocycles.